The van der Waals surface area contributed by atoms with Crippen molar-refractivity contribution in [1.29, 1.82) is 0 Å². The van der Waals surface area contributed by atoms with Crippen molar-refractivity contribution in [3.05, 3.63) is 60.2 Å². The predicted octanol–water partition coefficient (Wildman–Crippen LogP) is 4.26. The quantitative estimate of drug-likeness (QED) is 0.279. The van der Waals surface area contributed by atoms with E-state index < -0.39 is 33.6 Å². The summed E-state index contributed by atoms with van der Waals surface area (Å²) in [7, 11) is -0.490. The number of fused-ring (bicyclic) bond motifs is 1. The molecule has 0 N–H and O–H groups in total. The van der Waals surface area contributed by atoms with Crippen LogP contribution in [0.25, 0.3) is 0 Å². The minimum Gasteiger partial charge on any atom is -0.418 e. The van der Waals surface area contributed by atoms with Crippen LogP contribution in [0, 0.1) is 5.92 Å². The van der Waals surface area contributed by atoms with Gasteiger partial charge in [-0.25, -0.2) is 18.0 Å². The summed E-state index contributed by atoms with van der Waals surface area (Å²) in [6.45, 7) is 3.54. The average Bonchev–Trinajstić information content (AvgIpc) is 2.97. The van der Waals surface area contributed by atoms with Crippen LogP contribution in [0.2, 0.25) is 0 Å². The van der Waals surface area contributed by atoms with Crippen molar-refractivity contribution in [1.82, 2.24) is 9.80 Å². The highest BCUT2D eigenvalue weighted by Crippen LogP contribution is 2.41. The Labute approximate surface area is 247 Å². The van der Waals surface area contributed by atoms with Gasteiger partial charge in [0.2, 0.25) is 0 Å². The highest BCUT2D eigenvalue weighted by molar-refractivity contribution is 7.93. The molecular formula is C31H39N3O7S. The summed E-state index contributed by atoms with van der Waals surface area (Å²) < 4.78 is 40.5. The number of hydrogen-bond donors (Lipinski definition) is 0. The molecule has 2 aromatic carbocycles. The largest absolute Gasteiger partial charge is 0.418 e. The molecule has 0 unspecified atom stereocenters. The van der Waals surface area contributed by atoms with Gasteiger partial charge in [0.25, 0.3) is 15.9 Å². The van der Waals surface area contributed by atoms with E-state index in [1.807, 2.05) is 25.9 Å². The monoisotopic (exact) mass is 597 g/mol. The molecule has 0 atom stereocenters. The van der Waals surface area contributed by atoms with Gasteiger partial charge in [0, 0.05) is 38.3 Å². The summed E-state index contributed by atoms with van der Waals surface area (Å²) in [6.07, 6.45) is 7.69. The first kappa shape index (κ1) is 31.2. The highest BCUT2D eigenvalue weighted by atomic mass is 32.2. The first-order valence-electron chi connectivity index (χ1n) is 14.4. The van der Waals surface area contributed by atoms with Crippen LogP contribution < -0.4 is 13.8 Å². The topological polar surface area (TPSA) is 114 Å². The van der Waals surface area contributed by atoms with Crippen molar-refractivity contribution in [2.24, 2.45) is 5.92 Å². The molecule has 0 aromatic heterocycles. The van der Waals surface area contributed by atoms with Crippen LogP contribution in [0.1, 0.15) is 55.8 Å². The summed E-state index contributed by atoms with van der Waals surface area (Å²) in [4.78, 5) is 42.7. The van der Waals surface area contributed by atoms with Crippen molar-refractivity contribution in [3.8, 4) is 11.5 Å². The maximum absolute atomic E-state index is 14.1. The normalized spacial score (nSPS) is 16.6. The second-order valence-electron chi connectivity index (χ2n) is 10.9. The summed E-state index contributed by atoms with van der Waals surface area (Å²) in [5, 5.41) is 0. The number of carbonyl (C=O) groups is 3. The molecule has 4 rings (SSSR count). The third kappa shape index (κ3) is 7.38. The summed E-state index contributed by atoms with van der Waals surface area (Å²) in [5.74, 6) is -2.83. The number of ether oxygens (including phenoxy) is 2. The van der Waals surface area contributed by atoms with Crippen LogP contribution in [0.5, 0.6) is 11.5 Å². The van der Waals surface area contributed by atoms with Crippen molar-refractivity contribution in [3.63, 3.8) is 0 Å². The van der Waals surface area contributed by atoms with Gasteiger partial charge < -0.3 is 19.3 Å². The van der Waals surface area contributed by atoms with Crippen molar-refractivity contribution < 1.29 is 32.3 Å². The van der Waals surface area contributed by atoms with Gasteiger partial charge in [-0.15, -0.1) is 0 Å². The fourth-order valence-electron chi connectivity index (χ4n) is 5.27. The van der Waals surface area contributed by atoms with Crippen LogP contribution in [-0.4, -0.2) is 76.3 Å². The number of rotatable bonds is 11. The molecule has 1 saturated carbocycles. The number of esters is 2. The molecule has 0 bridgehead atoms. The van der Waals surface area contributed by atoms with Crippen LogP contribution >= 0.6 is 0 Å². The maximum atomic E-state index is 14.1. The van der Waals surface area contributed by atoms with Crippen molar-refractivity contribution >= 4 is 33.6 Å². The molecule has 1 aliphatic carbocycles. The molecule has 2 aliphatic rings. The number of sulfonamides is 1. The molecule has 0 saturated heterocycles. The van der Waals surface area contributed by atoms with E-state index in [-0.39, 0.29) is 22.8 Å². The zero-order valence-corrected chi connectivity index (χ0v) is 25.3. The smallest absolute Gasteiger partial charge is 0.336 e. The summed E-state index contributed by atoms with van der Waals surface area (Å²) in [6, 6.07) is 11.2. The third-order valence-electron chi connectivity index (χ3n) is 7.41. The lowest BCUT2D eigenvalue weighted by molar-refractivity contribution is -0.133. The highest BCUT2D eigenvalue weighted by Gasteiger charge is 2.36. The molecule has 1 aliphatic heterocycles. The first-order chi connectivity index (χ1) is 20.1. The second-order valence-corrected chi connectivity index (χ2v) is 12.7. The number of para-hydroxylation sites is 1. The SMILES string of the molecule is CCCN(c1ccccc1)S(=O)(=O)c1ccc(C(=O)N(CCN(C)C)CC2CCCCC2)c2c1OC(=O)/C=C\C(=O)O2. The third-order valence-corrected chi connectivity index (χ3v) is 9.26. The van der Waals surface area contributed by atoms with Gasteiger partial charge in [-0.3, -0.25) is 9.10 Å². The van der Waals surface area contributed by atoms with Gasteiger partial charge in [0.05, 0.1) is 11.3 Å². The van der Waals surface area contributed by atoms with Gasteiger partial charge in [-0.05, 0) is 63.5 Å². The summed E-state index contributed by atoms with van der Waals surface area (Å²) >= 11 is 0. The Morgan fingerprint density at radius 1 is 0.857 bits per heavy atom. The van der Waals surface area contributed by atoms with E-state index in [1.165, 1.54) is 22.9 Å². The number of hydrogen-bond acceptors (Lipinski definition) is 8. The molecule has 42 heavy (non-hydrogen) atoms. The van der Waals surface area contributed by atoms with Crippen LogP contribution in [0.15, 0.2) is 59.5 Å². The van der Waals surface area contributed by atoms with Crippen molar-refractivity contribution in [2.75, 3.05) is 44.6 Å². The Morgan fingerprint density at radius 2 is 1.50 bits per heavy atom. The molecule has 226 valence electrons. The Balaban J connectivity index is 1.83. The van der Waals surface area contributed by atoms with Gasteiger partial charge in [-0.2, -0.15) is 0 Å². The van der Waals surface area contributed by atoms with E-state index >= 15 is 0 Å². The molecule has 11 heteroatoms. The molecule has 1 heterocycles. The number of likely N-dealkylation sites (N-methyl/N-ethyl adjacent to an activating group) is 1. The van der Waals surface area contributed by atoms with E-state index in [2.05, 4.69) is 0 Å². The summed E-state index contributed by atoms with van der Waals surface area (Å²) in [5.41, 5.74) is 0.376. The molecule has 1 amide bonds. The Kier molecular flexibility index (Phi) is 10.4. The van der Waals surface area contributed by atoms with Crippen molar-refractivity contribution in [2.45, 2.75) is 50.3 Å². The van der Waals surface area contributed by atoms with E-state index in [1.54, 1.807) is 35.2 Å². The van der Waals surface area contributed by atoms with Crippen LogP contribution in [0.4, 0.5) is 5.69 Å². The maximum Gasteiger partial charge on any atom is 0.336 e. The van der Waals surface area contributed by atoms with Crippen LogP contribution in [0.3, 0.4) is 0 Å². The van der Waals surface area contributed by atoms with E-state index in [0.717, 1.165) is 37.8 Å². The molecule has 2 aromatic rings. The minimum atomic E-state index is -4.32. The average molecular weight is 598 g/mol. The first-order valence-corrected chi connectivity index (χ1v) is 15.9. The number of nitrogens with zero attached hydrogens (tertiary/aromatic N) is 3. The zero-order valence-electron chi connectivity index (χ0n) is 24.5. The standard InChI is InChI=1S/C31H39N3O7S/c1-4-19-34(24-13-9-6-10-14-24)42(38,39)26-16-15-25(29-30(26)41-28(36)18-17-27(35)40-29)31(37)33(21-20-32(2)3)22-23-11-7-5-8-12-23/h6,9-10,13-18,23H,4-5,7-8,11-12,19-22H2,1-3H3/b18-17-. The molecule has 10 nitrogen and oxygen atoms in total. The van der Waals surface area contributed by atoms with E-state index in [4.69, 9.17) is 9.47 Å². The zero-order chi connectivity index (χ0) is 30.3. The number of amides is 1. The number of benzene rings is 2. The van der Waals surface area contributed by atoms with Gasteiger partial charge in [0.15, 0.2) is 11.5 Å². The molecule has 0 spiro atoms. The second kappa shape index (κ2) is 14.0. The van der Waals surface area contributed by atoms with Gasteiger partial charge in [0.1, 0.15) is 4.90 Å². The lowest BCUT2D eigenvalue weighted by atomic mass is 9.89. The Morgan fingerprint density at radius 3 is 2.12 bits per heavy atom. The fraction of sp³-hybridized carbons (Fsp3) is 0.452. The van der Waals surface area contributed by atoms with Gasteiger partial charge >= 0.3 is 11.9 Å². The lowest BCUT2D eigenvalue weighted by Crippen LogP contribution is -2.40. The Bertz CT molecular complexity index is 1420. The number of carbonyl (C=O) groups excluding carboxylic acids is 3. The Hall–Kier alpha value is -3.70. The fourth-order valence-corrected chi connectivity index (χ4v) is 6.94. The lowest BCUT2D eigenvalue weighted by Gasteiger charge is -2.31. The van der Waals surface area contributed by atoms with Crippen LogP contribution in [-0.2, 0) is 19.6 Å². The minimum absolute atomic E-state index is 0.0447. The van der Waals surface area contributed by atoms with E-state index in [9.17, 15) is 22.8 Å². The molecule has 1 fully saturated rings. The number of anilines is 1. The molecule has 0 radical (unpaired) electrons. The molecular weight excluding hydrogens is 558 g/mol. The van der Waals surface area contributed by atoms with Gasteiger partial charge in [-0.1, -0.05) is 44.4 Å². The predicted molar refractivity (Wildman–Crippen MR) is 159 cm³/mol. The van der Waals surface area contributed by atoms with E-state index in [0.29, 0.717) is 37.7 Å².